The molecule has 1 aliphatic carbocycles. The van der Waals surface area contributed by atoms with E-state index in [9.17, 15) is 4.79 Å². The molecule has 0 bridgehead atoms. The highest BCUT2D eigenvalue weighted by atomic mass is 32.1. The maximum Gasteiger partial charge on any atom is 0.339 e. The summed E-state index contributed by atoms with van der Waals surface area (Å²) in [6.45, 7) is 4.39. The molecule has 25 heavy (non-hydrogen) atoms. The van der Waals surface area contributed by atoms with Crippen molar-refractivity contribution in [2.75, 3.05) is 0 Å². The summed E-state index contributed by atoms with van der Waals surface area (Å²) in [7, 11) is 0. The highest BCUT2D eigenvalue weighted by molar-refractivity contribution is 7.09. The maximum absolute atomic E-state index is 12.9. The van der Waals surface area contributed by atoms with Crippen LogP contribution in [0.2, 0.25) is 0 Å². The van der Waals surface area contributed by atoms with Crippen LogP contribution >= 0.6 is 11.3 Å². The van der Waals surface area contributed by atoms with Crippen LogP contribution < -0.4 is 0 Å². The molecular formula is C20H20N2O2S. The van der Waals surface area contributed by atoms with Crippen LogP contribution in [0.1, 0.15) is 45.7 Å². The summed E-state index contributed by atoms with van der Waals surface area (Å²) in [5.41, 5.74) is 4.48. The van der Waals surface area contributed by atoms with Crippen molar-refractivity contribution in [3.8, 4) is 0 Å². The number of carbonyl (C=O) groups is 1. The van der Waals surface area contributed by atoms with E-state index in [0.29, 0.717) is 11.5 Å². The lowest BCUT2D eigenvalue weighted by Crippen LogP contribution is -2.19. The van der Waals surface area contributed by atoms with Gasteiger partial charge in [0, 0.05) is 16.5 Å². The Balaban J connectivity index is 1.73. The average Bonchev–Trinajstić information content (AvgIpc) is 3.03. The predicted octanol–water partition coefficient (Wildman–Crippen LogP) is 4.48. The number of carbonyl (C=O) groups excluding carboxylic acids is 1. The van der Waals surface area contributed by atoms with Crippen molar-refractivity contribution in [1.29, 1.82) is 0 Å². The minimum Gasteiger partial charge on any atom is -0.456 e. The first-order valence-electron chi connectivity index (χ1n) is 8.60. The lowest BCUT2D eigenvalue weighted by molar-refractivity contribution is 0.0468. The zero-order valence-electron chi connectivity index (χ0n) is 14.4. The number of aryl methyl sites for hydroxylation is 2. The number of para-hydroxylation sites is 1. The van der Waals surface area contributed by atoms with E-state index in [0.717, 1.165) is 52.1 Å². The number of benzene rings is 1. The molecule has 0 saturated heterocycles. The molecule has 5 heteroatoms. The zero-order chi connectivity index (χ0) is 17.4. The number of ether oxygens (including phenoxy) is 1. The number of fused-ring (bicyclic) bond motifs is 2. The quantitative estimate of drug-likeness (QED) is 0.652. The maximum atomic E-state index is 12.9. The summed E-state index contributed by atoms with van der Waals surface area (Å²) in [6, 6.07) is 7.84. The van der Waals surface area contributed by atoms with Crippen LogP contribution in [0.4, 0.5) is 0 Å². The normalized spacial score (nSPS) is 16.6. The van der Waals surface area contributed by atoms with E-state index in [1.54, 1.807) is 11.3 Å². The minimum atomic E-state index is -0.269. The van der Waals surface area contributed by atoms with Crippen molar-refractivity contribution in [1.82, 2.24) is 9.97 Å². The highest BCUT2D eigenvalue weighted by Crippen LogP contribution is 2.32. The number of pyridine rings is 1. The molecule has 4 rings (SSSR count). The van der Waals surface area contributed by atoms with Gasteiger partial charge in [0.15, 0.2) is 0 Å². The standard InChI is InChI=1S/C20H20N2O2S/c1-12-7-8-18-16(9-12)19(15-5-3-4-6-17(15)22-18)20(23)24-10-14-11-25-13(2)21-14/h3-6,11-12H,7-10H2,1-2H3/t12-/m1/s1. The third-order valence-electron chi connectivity index (χ3n) is 4.73. The molecule has 1 aromatic carbocycles. The molecule has 2 aromatic heterocycles. The topological polar surface area (TPSA) is 52.1 Å². The third-order valence-corrected chi connectivity index (χ3v) is 5.55. The summed E-state index contributed by atoms with van der Waals surface area (Å²) >= 11 is 1.57. The average molecular weight is 352 g/mol. The van der Waals surface area contributed by atoms with Gasteiger partial charge in [-0.3, -0.25) is 4.98 Å². The molecular weight excluding hydrogens is 332 g/mol. The van der Waals surface area contributed by atoms with Gasteiger partial charge < -0.3 is 4.74 Å². The molecule has 0 fully saturated rings. The van der Waals surface area contributed by atoms with Gasteiger partial charge in [-0.1, -0.05) is 25.1 Å². The van der Waals surface area contributed by atoms with Crippen molar-refractivity contribution >= 4 is 28.2 Å². The Hall–Kier alpha value is -2.27. The number of hydrogen-bond acceptors (Lipinski definition) is 5. The first kappa shape index (κ1) is 16.2. The Kier molecular flexibility index (Phi) is 4.25. The van der Waals surface area contributed by atoms with Crippen molar-refractivity contribution in [2.45, 2.75) is 39.7 Å². The predicted molar refractivity (Wildman–Crippen MR) is 98.9 cm³/mol. The SMILES string of the molecule is Cc1nc(COC(=O)c2c3c(nc4ccccc24)CC[C@@H](C)C3)cs1. The van der Waals surface area contributed by atoms with E-state index in [4.69, 9.17) is 9.72 Å². The number of aromatic nitrogens is 2. The third kappa shape index (κ3) is 3.16. The number of hydrogen-bond donors (Lipinski definition) is 0. The number of esters is 1. The molecule has 3 aromatic rings. The number of rotatable bonds is 3. The van der Waals surface area contributed by atoms with Gasteiger partial charge in [0.2, 0.25) is 0 Å². The van der Waals surface area contributed by atoms with Crippen LogP contribution in [0.15, 0.2) is 29.6 Å². The van der Waals surface area contributed by atoms with Gasteiger partial charge in [0.25, 0.3) is 0 Å². The molecule has 2 heterocycles. The van der Waals surface area contributed by atoms with E-state index < -0.39 is 0 Å². The molecule has 0 aliphatic heterocycles. The summed E-state index contributed by atoms with van der Waals surface area (Å²) in [5, 5.41) is 3.80. The van der Waals surface area contributed by atoms with E-state index in [-0.39, 0.29) is 12.6 Å². The van der Waals surface area contributed by atoms with E-state index >= 15 is 0 Å². The van der Waals surface area contributed by atoms with Crippen molar-refractivity contribution in [2.24, 2.45) is 5.92 Å². The zero-order valence-corrected chi connectivity index (χ0v) is 15.2. The van der Waals surface area contributed by atoms with E-state index in [1.165, 1.54) is 0 Å². The Morgan fingerprint density at radius 1 is 1.32 bits per heavy atom. The summed E-state index contributed by atoms with van der Waals surface area (Å²) in [6.07, 6.45) is 2.92. The van der Waals surface area contributed by atoms with Gasteiger partial charge in [0.05, 0.1) is 21.8 Å². The molecule has 0 amide bonds. The fraction of sp³-hybridized carbons (Fsp3) is 0.350. The molecule has 1 aliphatic rings. The molecule has 128 valence electrons. The second-order valence-corrected chi connectivity index (χ2v) is 7.77. The van der Waals surface area contributed by atoms with Gasteiger partial charge in [-0.15, -0.1) is 11.3 Å². The molecule has 0 N–H and O–H groups in total. The minimum absolute atomic E-state index is 0.212. The van der Waals surface area contributed by atoms with Crippen LogP contribution in [-0.2, 0) is 24.2 Å². The first-order chi connectivity index (χ1) is 12.1. The lowest BCUT2D eigenvalue weighted by atomic mass is 9.84. The van der Waals surface area contributed by atoms with Crippen molar-refractivity contribution < 1.29 is 9.53 Å². The molecule has 0 saturated carbocycles. The Bertz CT molecular complexity index is 948. The molecule has 0 unspecified atom stereocenters. The van der Waals surface area contributed by atoms with Gasteiger partial charge >= 0.3 is 5.97 Å². The van der Waals surface area contributed by atoms with E-state index in [2.05, 4.69) is 11.9 Å². The van der Waals surface area contributed by atoms with Gasteiger partial charge in [-0.05, 0) is 43.7 Å². The molecule has 0 radical (unpaired) electrons. The van der Waals surface area contributed by atoms with Crippen LogP contribution in [0.5, 0.6) is 0 Å². The number of thiazole rings is 1. The van der Waals surface area contributed by atoms with Gasteiger partial charge in [0.1, 0.15) is 6.61 Å². The van der Waals surface area contributed by atoms with Crippen LogP contribution in [-0.4, -0.2) is 15.9 Å². The molecule has 1 atom stereocenters. The van der Waals surface area contributed by atoms with Crippen LogP contribution in [0.3, 0.4) is 0 Å². The Morgan fingerprint density at radius 2 is 2.16 bits per heavy atom. The second-order valence-electron chi connectivity index (χ2n) is 6.71. The van der Waals surface area contributed by atoms with Crippen molar-refractivity contribution in [3.05, 3.63) is 57.2 Å². The fourth-order valence-electron chi connectivity index (χ4n) is 3.48. The number of nitrogens with zero attached hydrogens (tertiary/aromatic N) is 2. The monoisotopic (exact) mass is 352 g/mol. The van der Waals surface area contributed by atoms with Gasteiger partial charge in [-0.25, -0.2) is 9.78 Å². The van der Waals surface area contributed by atoms with Crippen LogP contribution in [0.25, 0.3) is 10.9 Å². The smallest absolute Gasteiger partial charge is 0.339 e. The van der Waals surface area contributed by atoms with Crippen molar-refractivity contribution in [3.63, 3.8) is 0 Å². The summed E-state index contributed by atoms with van der Waals surface area (Å²) in [4.78, 5) is 22.1. The van der Waals surface area contributed by atoms with Crippen LogP contribution in [0, 0.1) is 12.8 Å². The second kappa shape index (κ2) is 6.56. The first-order valence-corrected chi connectivity index (χ1v) is 9.48. The highest BCUT2D eigenvalue weighted by Gasteiger charge is 2.26. The summed E-state index contributed by atoms with van der Waals surface area (Å²) < 4.78 is 5.61. The van der Waals surface area contributed by atoms with Gasteiger partial charge in [-0.2, -0.15) is 0 Å². The largest absolute Gasteiger partial charge is 0.456 e. The van der Waals surface area contributed by atoms with E-state index in [1.807, 2.05) is 36.6 Å². The fourth-order valence-corrected chi connectivity index (χ4v) is 4.08. The Labute approximate surface area is 150 Å². The lowest BCUT2D eigenvalue weighted by Gasteiger charge is -2.24. The summed E-state index contributed by atoms with van der Waals surface area (Å²) in [5.74, 6) is 0.290. The molecule has 4 nitrogen and oxygen atoms in total. The molecule has 0 spiro atoms. The Morgan fingerprint density at radius 3 is 2.96 bits per heavy atom.